The molecule has 2 aliphatic heterocycles. The molecule has 0 aromatic rings. The van der Waals surface area contributed by atoms with Crippen LogP contribution in [0.3, 0.4) is 0 Å². The molecule has 3 heteroatoms. The van der Waals surface area contributed by atoms with Crippen molar-refractivity contribution in [2.45, 2.75) is 63.3 Å². The van der Waals surface area contributed by atoms with Gasteiger partial charge in [0.15, 0.2) is 0 Å². The summed E-state index contributed by atoms with van der Waals surface area (Å²) in [5.74, 6) is 0. The fourth-order valence-corrected chi connectivity index (χ4v) is 3.15. The maximum Gasteiger partial charge on any atom is 0.0759 e. The van der Waals surface area contributed by atoms with E-state index < -0.39 is 0 Å². The van der Waals surface area contributed by atoms with Gasteiger partial charge in [0, 0.05) is 18.4 Å². The van der Waals surface area contributed by atoms with Gasteiger partial charge in [0.05, 0.1) is 17.3 Å². The van der Waals surface area contributed by atoms with Crippen molar-refractivity contribution in [2.75, 3.05) is 11.9 Å². The molecule has 3 atom stereocenters. The van der Waals surface area contributed by atoms with E-state index in [1.54, 1.807) is 0 Å². The second-order valence-electron chi connectivity index (χ2n) is 5.47. The minimum absolute atomic E-state index is 0.0351. The Bertz CT molecular complexity index is 228. The Balaban J connectivity index is 1.91. The zero-order valence-corrected chi connectivity index (χ0v) is 11.3. The third kappa shape index (κ3) is 2.75. The van der Waals surface area contributed by atoms with Gasteiger partial charge in [0.1, 0.15) is 0 Å². The van der Waals surface area contributed by atoms with Crippen LogP contribution in [0.25, 0.3) is 0 Å². The molecule has 3 unspecified atom stereocenters. The lowest BCUT2D eigenvalue weighted by Gasteiger charge is -2.31. The topological polar surface area (TPSA) is 18.5 Å². The highest BCUT2D eigenvalue weighted by Gasteiger charge is 2.44. The molecule has 2 rings (SSSR count). The van der Waals surface area contributed by atoms with Crippen LogP contribution in [-0.2, 0) is 9.47 Å². The highest BCUT2D eigenvalue weighted by Crippen LogP contribution is 2.42. The van der Waals surface area contributed by atoms with Crippen LogP contribution in [0.5, 0.6) is 0 Å². The molecule has 2 fully saturated rings. The van der Waals surface area contributed by atoms with Crippen LogP contribution in [0.2, 0.25) is 0 Å². The van der Waals surface area contributed by atoms with Crippen molar-refractivity contribution in [3.05, 3.63) is 0 Å². The summed E-state index contributed by atoms with van der Waals surface area (Å²) in [6.07, 6.45) is 6.25. The van der Waals surface area contributed by atoms with Gasteiger partial charge in [-0.3, -0.25) is 0 Å². The van der Waals surface area contributed by atoms with Crippen molar-refractivity contribution in [3.8, 4) is 0 Å². The lowest BCUT2D eigenvalue weighted by Crippen LogP contribution is -2.35. The second kappa shape index (κ2) is 4.34. The maximum absolute atomic E-state index is 6.22. The second-order valence-corrected chi connectivity index (χ2v) is 6.04. The lowest BCUT2D eigenvalue weighted by atomic mass is 9.93. The molecule has 0 bridgehead atoms. The highest BCUT2D eigenvalue weighted by atomic mass is 79.9. The van der Waals surface area contributed by atoms with E-state index in [1.807, 2.05) is 0 Å². The number of halogens is 1. The Labute approximate surface area is 101 Å². The van der Waals surface area contributed by atoms with E-state index in [9.17, 15) is 0 Å². The Hall–Kier alpha value is 0.400. The number of alkyl halides is 1. The summed E-state index contributed by atoms with van der Waals surface area (Å²) in [4.78, 5) is 0. The van der Waals surface area contributed by atoms with Crippen LogP contribution in [0, 0.1) is 0 Å². The Kier molecular flexibility index (Phi) is 3.44. The first-order chi connectivity index (χ1) is 7.05. The monoisotopic (exact) mass is 276 g/mol. The largest absolute Gasteiger partial charge is 0.378 e. The van der Waals surface area contributed by atoms with Crippen LogP contribution in [0.15, 0.2) is 0 Å². The van der Waals surface area contributed by atoms with Crippen LogP contribution in [0.1, 0.15) is 46.0 Å². The fourth-order valence-electron chi connectivity index (χ4n) is 2.75. The third-order valence-electron chi connectivity index (χ3n) is 3.64. The van der Waals surface area contributed by atoms with E-state index >= 15 is 0 Å². The summed E-state index contributed by atoms with van der Waals surface area (Å²) in [5.41, 5.74) is 0.0743. The minimum Gasteiger partial charge on any atom is -0.378 e. The van der Waals surface area contributed by atoms with Gasteiger partial charge >= 0.3 is 0 Å². The average Bonchev–Trinajstić information content (AvgIpc) is 2.76. The smallest absolute Gasteiger partial charge is 0.0759 e. The van der Waals surface area contributed by atoms with E-state index in [4.69, 9.17) is 9.47 Å². The van der Waals surface area contributed by atoms with Gasteiger partial charge in [-0.1, -0.05) is 15.9 Å². The van der Waals surface area contributed by atoms with Crippen molar-refractivity contribution >= 4 is 15.9 Å². The van der Waals surface area contributed by atoms with E-state index in [0.717, 1.165) is 31.2 Å². The van der Waals surface area contributed by atoms with E-state index in [-0.39, 0.29) is 11.2 Å². The minimum atomic E-state index is 0.0351. The van der Waals surface area contributed by atoms with Gasteiger partial charge in [0.25, 0.3) is 0 Å². The van der Waals surface area contributed by atoms with E-state index in [2.05, 4.69) is 29.8 Å². The SMILES string of the molecule is CC1(CBr)CCC(C)(CC2CCCO2)O1. The first kappa shape index (κ1) is 11.9. The van der Waals surface area contributed by atoms with Crippen LogP contribution in [0.4, 0.5) is 0 Å². The standard InChI is InChI=1S/C12H21BrO2/c1-11(8-10-4-3-7-14-10)5-6-12(2,9-13)15-11/h10H,3-9H2,1-2H3. The fraction of sp³-hybridized carbons (Fsp3) is 1.00. The molecule has 0 radical (unpaired) electrons. The summed E-state index contributed by atoms with van der Waals surface area (Å²) < 4.78 is 11.9. The zero-order chi connectivity index (χ0) is 10.9. The van der Waals surface area contributed by atoms with Gasteiger partial charge < -0.3 is 9.47 Å². The first-order valence-electron chi connectivity index (χ1n) is 5.93. The zero-order valence-electron chi connectivity index (χ0n) is 9.72. The summed E-state index contributed by atoms with van der Waals surface area (Å²) in [6, 6.07) is 0. The van der Waals surface area contributed by atoms with Crippen LogP contribution >= 0.6 is 15.9 Å². The van der Waals surface area contributed by atoms with Crippen LogP contribution < -0.4 is 0 Å². The first-order valence-corrected chi connectivity index (χ1v) is 7.05. The van der Waals surface area contributed by atoms with Crippen molar-refractivity contribution in [3.63, 3.8) is 0 Å². The molecular formula is C12H21BrO2. The van der Waals surface area contributed by atoms with Gasteiger partial charge in [-0.15, -0.1) is 0 Å². The highest BCUT2D eigenvalue weighted by molar-refractivity contribution is 9.09. The van der Waals surface area contributed by atoms with E-state index in [0.29, 0.717) is 6.10 Å². The Morgan fingerprint density at radius 3 is 2.53 bits per heavy atom. The quantitative estimate of drug-likeness (QED) is 0.737. The lowest BCUT2D eigenvalue weighted by molar-refractivity contribution is -0.0937. The van der Waals surface area contributed by atoms with Gasteiger partial charge in [0.2, 0.25) is 0 Å². The molecule has 2 saturated heterocycles. The Morgan fingerprint density at radius 2 is 2.00 bits per heavy atom. The molecule has 0 saturated carbocycles. The van der Waals surface area contributed by atoms with Crippen molar-refractivity contribution < 1.29 is 9.47 Å². The van der Waals surface area contributed by atoms with Crippen molar-refractivity contribution in [2.24, 2.45) is 0 Å². The normalized spacial score (nSPS) is 46.2. The molecule has 88 valence electrons. The van der Waals surface area contributed by atoms with Gasteiger partial charge in [-0.25, -0.2) is 0 Å². The van der Waals surface area contributed by atoms with Crippen LogP contribution in [-0.4, -0.2) is 29.2 Å². The molecule has 0 amide bonds. The summed E-state index contributed by atoms with van der Waals surface area (Å²) >= 11 is 3.54. The molecule has 2 aliphatic rings. The number of hydrogen-bond acceptors (Lipinski definition) is 2. The average molecular weight is 277 g/mol. The molecule has 0 aliphatic carbocycles. The predicted molar refractivity (Wildman–Crippen MR) is 64.5 cm³/mol. The maximum atomic E-state index is 6.22. The molecule has 2 nitrogen and oxygen atoms in total. The summed E-state index contributed by atoms with van der Waals surface area (Å²) in [7, 11) is 0. The number of ether oxygens (including phenoxy) is 2. The molecule has 0 aromatic carbocycles. The summed E-state index contributed by atoms with van der Waals surface area (Å²) in [6.45, 7) is 5.38. The van der Waals surface area contributed by atoms with Crippen molar-refractivity contribution in [1.82, 2.24) is 0 Å². The molecule has 0 N–H and O–H groups in total. The number of rotatable bonds is 3. The molecule has 15 heavy (non-hydrogen) atoms. The third-order valence-corrected chi connectivity index (χ3v) is 4.83. The van der Waals surface area contributed by atoms with E-state index in [1.165, 1.54) is 12.8 Å². The van der Waals surface area contributed by atoms with Crippen molar-refractivity contribution in [1.29, 1.82) is 0 Å². The molecule has 0 aromatic heterocycles. The molecule has 0 spiro atoms. The number of hydrogen-bond donors (Lipinski definition) is 0. The van der Waals surface area contributed by atoms with Gasteiger partial charge in [-0.05, 0) is 39.5 Å². The molecule has 2 heterocycles. The summed E-state index contributed by atoms with van der Waals surface area (Å²) in [5, 5.41) is 0.932. The molecular weight excluding hydrogens is 256 g/mol. The predicted octanol–water partition coefficient (Wildman–Crippen LogP) is 3.28. The Morgan fingerprint density at radius 1 is 1.27 bits per heavy atom. The van der Waals surface area contributed by atoms with Gasteiger partial charge in [-0.2, -0.15) is 0 Å².